The molecule has 1 unspecified atom stereocenters. The summed E-state index contributed by atoms with van der Waals surface area (Å²) in [6.45, 7) is 3.05. The van der Waals surface area contributed by atoms with E-state index >= 15 is 0 Å². The van der Waals surface area contributed by atoms with Crippen molar-refractivity contribution in [3.63, 3.8) is 0 Å². The van der Waals surface area contributed by atoms with Gasteiger partial charge in [0.2, 0.25) is 5.78 Å². The van der Waals surface area contributed by atoms with Crippen molar-refractivity contribution in [2.75, 3.05) is 13.4 Å². The number of methoxy groups -OCH3 is 1. The number of ketones is 1. The normalized spacial score (nSPS) is 13.0. The number of carbonyl (C=O) groups excluding carboxylic acids is 1. The van der Waals surface area contributed by atoms with Crippen LogP contribution in [0, 0.1) is 6.92 Å². The Hall–Kier alpha value is -1.94. The molecule has 0 radical (unpaired) electrons. The number of rotatable bonds is 7. The summed E-state index contributed by atoms with van der Waals surface area (Å²) in [4.78, 5) is 25.1. The Morgan fingerprint density at radius 3 is 2.48 bits per heavy atom. The first kappa shape index (κ1) is 21.4. The highest BCUT2D eigenvalue weighted by molar-refractivity contribution is 7.90. The quantitative estimate of drug-likeness (QED) is 0.545. The van der Waals surface area contributed by atoms with Gasteiger partial charge in [0.1, 0.15) is 5.56 Å². The molecule has 8 nitrogen and oxygen atoms in total. The van der Waals surface area contributed by atoms with E-state index in [0.29, 0.717) is 5.69 Å². The molecule has 2 rings (SSSR count). The van der Waals surface area contributed by atoms with Crippen molar-refractivity contribution in [3.05, 3.63) is 49.9 Å². The van der Waals surface area contributed by atoms with Crippen LogP contribution in [0.5, 0.6) is 0 Å². The van der Waals surface area contributed by atoms with Crippen LogP contribution in [-0.2, 0) is 33.0 Å². The summed E-state index contributed by atoms with van der Waals surface area (Å²) >= 11 is 6.38. The third-order valence-corrected chi connectivity index (χ3v) is 5.71. The standard InChI is InChI=1S/C17H21ClN2O6S/c1-9-14(17(22)20(3)19-9)16(21)11-6-7-13(27(5,23)24)12(15(11)18)8-26-10(2)25-4/h6-7,10,19H,8H2,1-5H3. The molecule has 1 N–H and O–H groups in total. The molecule has 0 aliphatic rings. The molecule has 27 heavy (non-hydrogen) atoms. The lowest BCUT2D eigenvalue weighted by atomic mass is 10.0. The van der Waals surface area contributed by atoms with Crippen LogP contribution in [0.3, 0.4) is 0 Å². The fourth-order valence-corrected chi connectivity index (χ4v) is 3.90. The molecule has 0 saturated heterocycles. The lowest BCUT2D eigenvalue weighted by Crippen LogP contribution is -2.20. The van der Waals surface area contributed by atoms with E-state index in [-0.39, 0.29) is 33.2 Å². The molecule has 1 atom stereocenters. The minimum Gasteiger partial charge on any atom is -0.356 e. The van der Waals surface area contributed by atoms with Gasteiger partial charge < -0.3 is 9.47 Å². The first-order chi connectivity index (χ1) is 12.5. The van der Waals surface area contributed by atoms with E-state index in [1.54, 1.807) is 13.8 Å². The van der Waals surface area contributed by atoms with Crippen molar-refractivity contribution < 1.29 is 22.7 Å². The van der Waals surface area contributed by atoms with E-state index in [0.717, 1.165) is 6.26 Å². The number of halogens is 1. The summed E-state index contributed by atoms with van der Waals surface area (Å²) in [6.07, 6.45) is 0.433. The molecule has 0 saturated carbocycles. The number of aryl methyl sites for hydroxylation is 2. The molecule has 0 bridgehead atoms. The molecule has 0 aliphatic heterocycles. The summed E-state index contributed by atoms with van der Waals surface area (Å²) in [5.74, 6) is -0.597. The van der Waals surface area contributed by atoms with Crippen LogP contribution < -0.4 is 5.56 Å². The molecule has 0 amide bonds. The summed E-state index contributed by atoms with van der Waals surface area (Å²) in [5.41, 5.74) is 0.00298. The van der Waals surface area contributed by atoms with Gasteiger partial charge in [-0.05, 0) is 26.0 Å². The van der Waals surface area contributed by atoms with Crippen LogP contribution in [0.2, 0.25) is 5.02 Å². The van der Waals surface area contributed by atoms with Crippen molar-refractivity contribution in [2.45, 2.75) is 31.6 Å². The lowest BCUT2D eigenvalue weighted by molar-refractivity contribution is -0.119. The number of aromatic amines is 1. The maximum Gasteiger partial charge on any atom is 0.277 e. The van der Waals surface area contributed by atoms with Crippen LogP contribution >= 0.6 is 11.6 Å². The predicted molar refractivity (Wildman–Crippen MR) is 100 cm³/mol. The number of hydrogen-bond acceptors (Lipinski definition) is 6. The van der Waals surface area contributed by atoms with Crippen molar-refractivity contribution in [3.8, 4) is 0 Å². The molecular formula is C17H21ClN2O6S. The maximum atomic E-state index is 12.9. The van der Waals surface area contributed by atoms with Gasteiger partial charge in [-0.1, -0.05) is 11.6 Å². The average molecular weight is 417 g/mol. The van der Waals surface area contributed by atoms with E-state index in [1.807, 2.05) is 0 Å². The van der Waals surface area contributed by atoms with Crippen molar-refractivity contribution in [2.24, 2.45) is 7.05 Å². The summed E-state index contributed by atoms with van der Waals surface area (Å²) in [6, 6.07) is 2.59. The van der Waals surface area contributed by atoms with Crippen LogP contribution in [0.4, 0.5) is 0 Å². The summed E-state index contributed by atoms with van der Waals surface area (Å²) < 4.78 is 35.8. The van der Waals surface area contributed by atoms with Gasteiger partial charge in [0.05, 0.1) is 16.5 Å². The van der Waals surface area contributed by atoms with E-state index in [9.17, 15) is 18.0 Å². The van der Waals surface area contributed by atoms with Gasteiger partial charge in [-0.3, -0.25) is 19.4 Å². The molecule has 1 aromatic heterocycles. The van der Waals surface area contributed by atoms with Crippen LogP contribution in [-0.4, -0.2) is 43.6 Å². The summed E-state index contributed by atoms with van der Waals surface area (Å²) in [7, 11) is -0.688. The minimum absolute atomic E-state index is 0.0209. The van der Waals surface area contributed by atoms with Crippen molar-refractivity contribution in [1.29, 1.82) is 0 Å². The van der Waals surface area contributed by atoms with Gasteiger partial charge in [-0.2, -0.15) is 0 Å². The maximum absolute atomic E-state index is 12.9. The van der Waals surface area contributed by atoms with Crippen LogP contribution in [0.15, 0.2) is 21.8 Å². The fourth-order valence-electron chi connectivity index (χ4n) is 2.62. The second-order valence-corrected chi connectivity index (χ2v) is 8.46. The Bertz CT molecular complexity index is 1040. The highest BCUT2D eigenvalue weighted by atomic mass is 35.5. The Morgan fingerprint density at radius 2 is 2.00 bits per heavy atom. The molecule has 0 aliphatic carbocycles. The number of hydrogen-bond donors (Lipinski definition) is 1. The predicted octanol–water partition coefficient (Wildman–Crippen LogP) is 1.82. The third-order valence-electron chi connectivity index (χ3n) is 4.09. The van der Waals surface area contributed by atoms with Crippen LogP contribution in [0.1, 0.15) is 34.1 Å². The minimum atomic E-state index is -3.62. The van der Waals surface area contributed by atoms with Crippen LogP contribution in [0.25, 0.3) is 0 Å². The highest BCUT2D eigenvalue weighted by Crippen LogP contribution is 2.30. The van der Waals surface area contributed by atoms with E-state index < -0.39 is 27.5 Å². The monoisotopic (exact) mass is 416 g/mol. The van der Waals surface area contributed by atoms with E-state index in [2.05, 4.69) is 5.10 Å². The topological polar surface area (TPSA) is 107 Å². The van der Waals surface area contributed by atoms with Crippen molar-refractivity contribution in [1.82, 2.24) is 9.78 Å². The third kappa shape index (κ3) is 4.32. The van der Waals surface area contributed by atoms with Gasteiger partial charge in [-0.15, -0.1) is 0 Å². The first-order valence-electron chi connectivity index (χ1n) is 7.95. The molecule has 0 fully saturated rings. The highest BCUT2D eigenvalue weighted by Gasteiger charge is 2.26. The van der Waals surface area contributed by atoms with E-state index in [4.69, 9.17) is 21.1 Å². The number of sulfone groups is 1. The number of nitrogens with one attached hydrogen (secondary N) is 1. The van der Waals surface area contributed by atoms with Gasteiger partial charge in [-0.25, -0.2) is 8.42 Å². The average Bonchev–Trinajstić information content (AvgIpc) is 2.83. The zero-order chi connectivity index (χ0) is 20.5. The molecule has 10 heteroatoms. The molecule has 148 valence electrons. The number of ether oxygens (including phenoxy) is 2. The zero-order valence-electron chi connectivity index (χ0n) is 15.6. The van der Waals surface area contributed by atoms with Gasteiger partial charge in [0, 0.05) is 37.2 Å². The SMILES string of the molecule is COC(C)OCc1c(S(C)(=O)=O)ccc(C(=O)c2c(C)[nH]n(C)c2=O)c1Cl. The summed E-state index contributed by atoms with van der Waals surface area (Å²) in [5, 5.41) is 2.67. The Kier molecular flexibility index (Phi) is 6.31. The fraction of sp³-hybridized carbons (Fsp3) is 0.412. The molecular weight excluding hydrogens is 396 g/mol. The van der Waals surface area contributed by atoms with Crippen molar-refractivity contribution >= 4 is 27.2 Å². The first-order valence-corrected chi connectivity index (χ1v) is 10.2. The molecule has 2 aromatic rings. The Labute approximate surface area is 161 Å². The number of benzene rings is 1. The molecule has 1 aromatic carbocycles. The Balaban J connectivity index is 2.62. The number of aromatic nitrogens is 2. The number of H-pyrrole nitrogens is 1. The number of carbonyl (C=O) groups is 1. The van der Waals surface area contributed by atoms with Gasteiger partial charge in [0.25, 0.3) is 5.56 Å². The molecule has 1 heterocycles. The zero-order valence-corrected chi connectivity index (χ0v) is 17.2. The second-order valence-electron chi connectivity index (χ2n) is 6.10. The van der Waals surface area contributed by atoms with Gasteiger partial charge >= 0.3 is 0 Å². The van der Waals surface area contributed by atoms with E-state index in [1.165, 1.54) is 31.0 Å². The molecule has 0 spiro atoms. The van der Waals surface area contributed by atoms with Gasteiger partial charge in [0.15, 0.2) is 16.1 Å². The lowest BCUT2D eigenvalue weighted by Gasteiger charge is -2.16. The number of nitrogens with zero attached hydrogens (tertiary/aromatic N) is 1. The second kappa shape index (κ2) is 7.97. The largest absolute Gasteiger partial charge is 0.356 e. The smallest absolute Gasteiger partial charge is 0.277 e. The Morgan fingerprint density at radius 1 is 1.37 bits per heavy atom.